The number of rotatable bonds is 11. The van der Waals surface area contributed by atoms with Gasteiger partial charge in [-0.15, -0.1) is 0 Å². The molecule has 2 aliphatic rings. The van der Waals surface area contributed by atoms with Gasteiger partial charge in [0.25, 0.3) is 5.91 Å². The molecule has 0 saturated carbocycles. The van der Waals surface area contributed by atoms with E-state index in [-0.39, 0.29) is 11.6 Å². The predicted octanol–water partition coefficient (Wildman–Crippen LogP) is 2.50. The Kier molecular flexibility index (Phi) is 10.0. The van der Waals surface area contributed by atoms with E-state index in [9.17, 15) is 18.5 Å². The van der Waals surface area contributed by atoms with Crippen molar-refractivity contribution in [1.29, 1.82) is 5.26 Å². The summed E-state index contributed by atoms with van der Waals surface area (Å²) in [5.41, 5.74) is 10.1. The zero-order valence-electron chi connectivity index (χ0n) is 24.9. The molecule has 0 bridgehead atoms. The Morgan fingerprint density at radius 3 is 2.61 bits per heavy atom. The first-order chi connectivity index (χ1) is 21.1. The van der Waals surface area contributed by atoms with Crippen LogP contribution in [0.4, 0.5) is 17.3 Å². The van der Waals surface area contributed by atoms with E-state index < -0.39 is 10.0 Å². The minimum Gasteiger partial charge on any atom is -0.338 e. The Bertz CT molecular complexity index is 1670. The number of sulfonamides is 1. The molecule has 232 valence electrons. The Morgan fingerprint density at radius 2 is 1.89 bits per heavy atom. The van der Waals surface area contributed by atoms with Crippen LogP contribution in [-0.2, 0) is 23.0 Å². The number of aromatic nitrogens is 2. The van der Waals surface area contributed by atoms with Crippen LogP contribution in [0.3, 0.4) is 0 Å². The smallest absolute Gasteiger partial charge is 0.260 e. The van der Waals surface area contributed by atoms with Crippen LogP contribution in [0.5, 0.6) is 0 Å². The van der Waals surface area contributed by atoms with Crippen LogP contribution in [0.15, 0.2) is 47.4 Å². The van der Waals surface area contributed by atoms with Gasteiger partial charge in [0.15, 0.2) is 0 Å². The molecule has 1 fully saturated rings. The number of aryl methyl sites for hydroxylation is 1. The lowest BCUT2D eigenvalue weighted by atomic mass is 10.1. The highest BCUT2D eigenvalue weighted by atomic mass is 32.2. The van der Waals surface area contributed by atoms with E-state index in [1.807, 2.05) is 25.1 Å². The Balaban J connectivity index is 1.26. The number of nitrogens with one attached hydrogen (secondary N) is 2. The molecule has 0 aliphatic carbocycles. The molecule has 0 atom stereocenters. The van der Waals surface area contributed by atoms with E-state index in [4.69, 9.17) is 5.73 Å². The highest BCUT2D eigenvalue weighted by Crippen LogP contribution is 2.35. The molecule has 14 heteroatoms. The average molecular weight is 636 g/mol. The molecule has 1 aromatic heterocycles. The van der Waals surface area contributed by atoms with Crippen LogP contribution in [0.1, 0.15) is 39.3 Å². The molecule has 4 N–H and O–H groups in total. The first-order valence-corrected chi connectivity index (χ1v) is 17.2. The van der Waals surface area contributed by atoms with Crippen molar-refractivity contribution >= 4 is 45.2 Å². The average Bonchev–Trinajstić information content (AvgIpc) is 3.42. The summed E-state index contributed by atoms with van der Waals surface area (Å²) in [6.45, 7) is 7.38. The van der Waals surface area contributed by atoms with Crippen LogP contribution in [0.2, 0.25) is 0 Å². The number of benzene rings is 2. The maximum Gasteiger partial charge on any atom is 0.260 e. The zero-order valence-corrected chi connectivity index (χ0v) is 26.5. The van der Waals surface area contributed by atoms with Crippen molar-refractivity contribution < 1.29 is 13.2 Å². The first-order valence-electron chi connectivity index (χ1n) is 14.5. The van der Waals surface area contributed by atoms with Crippen molar-refractivity contribution in [1.82, 2.24) is 19.6 Å². The Hall–Kier alpha value is -3.74. The fourth-order valence-electron chi connectivity index (χ4n) is 5.30. The molecule has 0 radical (unpaired) electrons. The number of carbonyl (C=O) groups is 1. The van der Waals surface area contributed by atoms with Gasteiger partial charge in [-0.1, -0.05) is 6.07 Å². The molecule has 0 unspecified atom stereocenters. The fourth-order valence-corrected chi connectivity index (χ4v) is 6.84. The van der Waals surface area contributed by atoms with Gasteiger partial charge in [0, 0.05) is 55.5 Å². The number of nitriles is 1. The molecule has 1 amide bonds. The van der Waals surface area contributed by atoms with E-state index in [0.29, 0.717) is 43.3 Å². The summed E-state index contributed by atoms with van der Waals surface area (Å²) < 4.78 is 28.9. The lowest BCUT2D eigenvalue weighted by molar-refractivity contribution is 0.0990. The van der Waals surface area contributed by atoms with Gasteiger partial charge >= 0.3 is 0 Å². The Morgan fingerprint density at radius 1 is 1.09 bits per heavy atom. The van der Waals surface area contributed by atoms with Crippen molar-refractivity contribution in [3.8, 4) is 6.07 Å². The molecule has 44 heavy (non-hydrogen) atoms. The lowest BCUT2D eigenvalue weighted by Crippen LogP contribution is -2.44. The summed E-state index contributed by atoms with van der Waals surface area (Å²) in [6.07, 6.45) is 2.63. The van der Waals surface area contributed by atoms with Crippen LogP contribution < -0.4 is 25.6 Å². The van der Waals surface area contributed by atoms with Crippen molar-refractivity contribution in [2.45, 2.75) is 31.2 Å². The maximum atomic E-state index is 13.9. The van der Waals surface area contributed by atoms with Crippen LogP contribution >= 0.6 is 11.9 Å². The summed E-state index contributed by atoms with van der Waals surface area (Å²) in [4.78, 5) is 27.7. The van der Waals surface area contributed by atoms with Crippen molar-refractivity contribution in [2.24, 2.45) is 5.73 Å². The van der Waals surface area contributed by atoms with E-state index >= 15 is 0 Å². The van der Waals surface area contributed by atoms with E-state index in [2.05, 4.69) is 41.3 Å². The Labute approximate surface area is 262 Å². The second kappa shape index (κ2) is 13.9. The van der Waals surface area contributed by atoms with E-state index in [1.165, 1.54) is 0 Å². The summed E-state index contributed by atoms with van der Waals surface area (Å²) in [5, 5.41) is 12.6. The summed E-state index contributed by atoms with van der Waals surface area (Å²) >= 11 is 1.68. The highest BCUT2D eigenvalue weighted by molar-refractivity contribution is 7.97. The van der Waals surface area contributed by atoms with Crippen molar-refractivity contribution in [3.63, 3.8) is 0 Å². The minimum atomic E-state index is -3.58. The second-order valence-electron chi connectivity index (χ2n) is 10.9. The molecule has 2 aliphatic heterocycles. The maximum absolute atomic E-state index is 13.9. The molecule has 3 heterocycles. The third-order valence-electron chi connectivity index (χ3n) is 7.40. The van der Waals surface area contributed by atoms with Crippen LogP contribution in [0, 0.1) is 18.3 Å². The van der Waals surface area contributed by atoms with Gasteiger partial charge in [0.1, 0.15) is 11.8 Å². The number of hydrogen-bond donors (Lipinski definition) is 3. The van der Waals surface area contributed by atoms with Gasteiger partial charge in [-0.05, 0) is 92.3 Å². The number of piperazine rings is 1. The van der Waals surface area contributed by atoms with Gasteiger partial charge in [-0.3, -0.25) is 9.52 Å². The minimum absolute atomic E-state index is 0.242. The SMILES string of the molecule is Cc1cc(C#N)nc(N2CCN(Sc3ccc4c(c3)CCN4C(=O)c3cc(CNCCCN)ccc3NS(C)(=O)=O)CC2)n1. The standard InChI is InChI=1S/C30H37N9O3S2/c1-21-16-24(19-32)35-30(34-21)37-12-14-38(15-13-37)43-25-5-7-28-23(18-25)8-11-39(28)29(40)26-17-22(20-33-10-3-9-31)4-6-27(26)36-44(2,41)42/h4-7,16-18,33,36H,3,8-15,20,31H2,1-2H3. The molecule has 0 spiro atoms. The molecule has 2 aromatic carbocycles. The number of carbonyl (C=O) groups excluding carboxylic acids is 1. The third kappa shape index (κ3) is 7.85. The molecule has 5 rings (SSSR count). The molecular formula is C30H37N9O3S2. The second-order valence-corrected chi connectivity index (χ2v) is 13.8. The number of anilines is 3. The quantitative estimate of drug-likeness (QED) is 0.210. The summed E-state index contributed by atoms with van der Waals surface area (Å²) in [5.74, 6) is 0.352. The van der Waals surface area contributed by atoms with Gasteiger partial charge < -0.3 is 20.9 Å². The molecule has 3 aromatic rings. The fraction of sp³-hybridized carbons (Fsp3) is 0.400. The number of nitrogens with two attached hydrogens (primary N) is 1. The topological polar surface area (TPSA) is 161 Å². The van der Waals surface area contributed by atoms with E-state index in [0.717, 1.165) is 72.8 Å². The van der Waals surface area contributed by atoms with Gasteiger partial charge in [0.2, 0.25) is 16.0 Å². The predicted molar refractivity (Wildman–Crippen MR) is 173 cm³/mol. The van der Waals surface area contributed by atoms with Crippen LogP contribution in [0.25, 0.3) is 0 Å². The van der Waals surface area contributed by atoms with Crippen molar-refractivity contribution in [3.05, 3.63) is 70.5 Å². The molecular weight excluding hydrogens is 599 g/mol. The van der Waals surface area contributed by atoms with Gasteiger partial charge in [0.05, 0.1) is 17.5 Å². The summed E-state index contributed by atoms with van der Waals surface area (Å²) in [7, 11) is -3.58. The first kappa shape index (κ1) is 31.7. The highest BCUT2D eigenvalue weighted by Gasteiger charge is 2.29. The van der Waals surface area contributed by atoms with Gasteiger partial charge in [-0.25, -0.2) is 22.7 Å². The number of amides is 1. The summed E-state index contributed by atoms with van der Waals surface area (Å²) in [6, 6.07) is 15.2. The molecule has 12 nitrogen and oxygen atoms in total. The lowest BCUT2D eigenvalue weighted by Gasteiger charge is -2.34. The number of fused-ring (bicyclic) bond motifs is 1. The van der Waals surface area contributed by atoms with Crippen LogP contribution in [-0.4, -0.2) is 80.7 Å². The number of hydrogen-bond acceptors (Lipinski definition) is 11. The monoisotopic (exact) mass is 635 g/mol. The zero-order chi connectivity index (χ0) is 31.3. The normalized spacial score (nSPS) is 15.2. The largest absolute Gasteiger partial charge is 0.338 e. The molecule has 1 saturated heterocycles. The van der Waals surface area contributed by atoms with Gasteiger partial charge in [-0.2, -0.15) is 5.26 Å². The number of nitrogens with zero attached hydrogens (tertiary/aromatic N) is 6. The van der Waals surface area contributed by atoms with E-state index in [1.54, 1.807) is 35.0 Å². The third-order valence-corrected chi connectivity index (χ3v) is 9.08. The van der Waals surface area contributed by atoms with Crippen molar-refractivity contribution in [2.75, 3.05) is 66.6 Å².